The van der Waals surface area contributed by atoms with Crippen LogP contribution in [0.1, 0.15) is 28.4 Å². The Kier molecular flexibility index (Phi) is 2.67. The molecule has 0 unspecified atom stereocenters. The van der Waals surface area contributed by atoms with Crippen molar-refractivity contribution in [1.29, 1.82) is 0 Å². The number of benzene rings is 1. The van der Waals surface area contributed by atoms with E-state index in [1.54, 1.807) is 6.07 Å². The molecule has 5 heteroatoms. The van der Waals surface area contributed by atoms with Crippen LogP contribution >= 0.6 is 15.9 Å². The van der Waals surface area contributed by atoms with Gasteiger partial charge >= 0.3 is 5.97 Å². The monoisotopic (exact) mass is 271 g/mol. The van der Waals surface area contributed by atoms with Gasteiger partial charge in [-0.3, -0.25) is 0 Å². The van der Waals surface area contributed by atoms with Gasteiger partial charge in [0.05, 0.1) is 0 Å². The molecule has 1 aliphatic rings. The van der Waals surface area contributed by atoms with Crippen LogP contribution in [0.2, 0.25) is 0 Å². The summed E-state index contributed by atoms with van der Waals surface area (Å²) in [6, 6.07) is 3.10. The highest BCUT2D eigenvalue weighted by Gasteiger charge is 2.26. The van der Waals surface area contributed by atoms with Crippen LogP contribution in [-0.2, 0) is 0 Å². The summed E-state index contributed by atoms with van der Waals surface area (Å²) in [4.78, 5) is 10.8. The molecule has 0 aromatic heterocycles. The van der Waals surface area contributed by atoms with Crippen LogP contribution < -0.4 is 5.32 Å². The molecule has 0 amide bonds. The van der Waals surface area contributed by atoms with Gasteiger partial charge in [0, 0.05) is 16.1 Å². The van der Waals surface area contributed by atoms with E-state index in [0.29, 0.717) is 5.56 Å². The van der Waals surface area contributed by atoms with Gasteiger partial charge in [0.25, 0.3) is 0 Å². The molecule has 1 aliphatic heterocycles. The van der Waals surface area contributed by atoms with Crippen LogP contribution in [0.15, 0.2) is 16.6 Å². The molecule has 1 atom stereocenters. The number of aromatic hydroxyl groups is 1. The molecule has 0 saturated carbocycles. The SMILES string of the molecule is O=C(O)c1ccc(Br)c([C@H]2CCN2)c1O. The lowest BCUT2D eigenvalue weighted by molar-refractivity contribution is 0.0693. The van der Waals surface area contributed by atoms with Gasteiger partial charge in [0.2, 0.25) is 0 Å². The molecule has 1 saturated heterocycles. The topological polar surface area (TPSA) is 69.6 Å². The average molecular weight is 272 g/mol. The Bertz CT molecular complexity index is 415. The summed E-state index contributed by atoms with van der Waals surface area (Å²) in [6.07, 6.45) is 0.912. The highest BCUT2D eigenvalue weighted by Crippen LogP contribution is 2.38. The van der Waals surface area contributed by atoms with E-state index in [9.17, 15) is 9.90 Å². The van der Waals surface area contributed by atoms with Crippen LogP contribution in [0, 0.1) is 0 Å². The first-order valence-corrected chi connectivity index (χ1v) is 5.38. The highest BCUT2D eigenvalue weighted by molar-refractivity contribution is 9.10. The maximum Gasteiger partial charge on any atom is 0.339 e. The van der Waals surface area contributed by atoms with Gasteiger partial charge in [0.15, 0.2) is 0 Å². The van der Waals surface area contributed by atoms with Crippen molar-refractivity contribution in [2.24, 2.45) is 0 Å². The third kappa shape index (κ3) is 1.72. The number of halogens is 1. The number of hydrogen-bond acceptors (Lipinski definition) is 3. The smallest absolute Gasteiger partial charge is 0.339 e. The Labute approximate surface area is 95.1 Å². The Morgan fingerprint density at radius 2 is 2.20 bits per heavy atom. The van der Waals surface area contributed by atoms with Gasteiger partial charge in [-0.25, -0.2) is 4.79 Å². The summed E-state index contributed by atoms with van der Waals surface area (Å²) in [5, 5.41) is 21.8. The molecular weight excluding hydrogens is 262 g/mol. The number of carboxylic acid groups (broad SMARTS) is 1. The van der Waals surface area contributed by atoms with Crippen molar-refractivity contribution in [2.45, 2.75) is 12.5 Å². The van der Waals surface area contributed by atoms with Crippen molar-refractivity contribution in [3.8, 4) is 5.75 Å². The molecule has 4 nitrogen and oxygen atoms in total. The molecule has 1 aromatic rings. The van der Waals surface area contributed by atoms with Crippen LogP contribution in [0.4, 0.5) is 0 Å². The molecule has 1 aromatic carbocycles. The predicted molar refractivity (Wildman–Crippen MR) is 58.1 cm³/mol. The molecule has 2 rings (SSSR count). The summed E-state index contributed by atoms with van der Waals surface area (Å²) in [7, 11) is 0. The second kappa shape index (κ2) is 3.83. The van der Waals surface area contributed by atoms with Crippen molar-refractivity contribution >= 4 is 21.9 Å². The van der Waals surface area contributed by atoms with Gasteiger partial charge in [-0.15, -0.1) is 0 Å². The Hall–Kier alpha value is -1.07. The molecule has 15 heavy (non-hydrogen) atoms. The standard InChI is InChI=1S/C10H10BrNO3/c11-6-2-1-5(10(14)15)9(13)8(6)7-3-4-12-7/h1-2,7,12-13H,3-4H2,(H,14,15)/t7-/m1/s1. The third-order valence-corrected chi connectivity index (χ3v) is 3.26. The zero-order valence-corrected chi connectivity index (χ0v) is 9.41. The first-order valence-electron chi connectivity index (χ1n) is 4.59. The molecule has 1 fully saturated rings. The summed E-state index contributed by atoms with van der Waals surface area (Å²) in [5.74, 6) is -1.25. The molecule has 3 N–H and O–H groups in total. The number of hydrogen-bond donors (Lipinski definition) is 3. The molecule has 0 spiro atoms. The summed E-state index contributed by atoms with van der Waals surface area (Å²) >= 11 is 3.31. The maximum absolute atomic E-state index is 10.8. The molecule has 0 bridgehead atoms. The number of aromatic carboxylic acids is 1. The Morgan fingerprint density at radius 1 is 1.53 bits per heavy atom. The maximum atomic E-state index is 10.8. The summed E-state index contributed by atoms with van der Waals surface area (Å²) in [5.41, 5.74) is 0.586. The van der Waals surface area contributed by atoms with E-state index >= 15 is 0 Å². The first-order chi connectivity index (χ1) is 7.11. The van der Waals surface area contributed by atoms with Gasteiger partial charge in [-0.2, -0.15) is 0 Å². The van der Waals surface area contributed by atoms with Crippen molar-refractivity contribution < 1.29 is 15.0 Å². The molecular formula is C10H10BrNO3. The van der Waals surface area contributed by atoms with E-state index in [1.165, 1.54) is 6.07 Å². The minimum atomic E-state index is -1.11. The lowest BCUT2D eigenvalue weighted by Crippen LogP contribution is -2.35. The lowest BCUT2D eigenvalue weighted by atomic mass is 9.95. The normalized spacial score (nSPS) is 19.7. The van der Waals surface area contributed by atoms with E-state index in [1.807, 2.05) is 0 Å². The van der Waals surface area contributed by atoms with Crippen LogP contribution in [0.25, 0.3) is 0 Å². The van der Waals surface area contributed by atoms with Crippen LogP contribution in [0.3, 0.4) is 0 Å². The number of rotatable bonds is 2. The van der Waals surface area contributed by atoms with Gasteiger partial charge in [-0.1, -0.05) is 15.9 Å². The summed E-state index contributed by atoms with van der Waals surface area (Å²) in [6.45, 7) is 0.897. The molecule has 0 aliphatic carbocycles. The highest BCUT2D eigenvalue weighted by atomic mass is 79.9. The van der Waals surface area contributed by atoms with Crippen LogP contribution in [-0.4, -0.2) is 22.7 Å². The number of phenols is 1. The predicted octanol–water partition coefficient (Wildman–Crippen LogP) is 1.89. The fourth-order valence-electron chi connectivity index (χ4n) is 1.62. The van der Waals surface area contributed by atoms with E-state index in [4.69, 9.17) is 5.11 Å². The van der Waals surface area contributed by atoms with E-state index in [0.717, 1.165) is 17.4 Å². The zero-order valence-electron chi connectivity index (χ0n) is 7.83. The second-order valence-electron chi connectivity index (χ2n) is 3.46. The van der Waals surface area contributed by atoms with Crippen molar-refractivity contribution in [2.75, 3.05) is 6.54 Å². The molecule has 1 heterocycles. The minimum absolute atomic E-state index is 0.0538. The number of carboxylic acids is 1. The van der Waals surface area contributed by atoms with E-state index < -0.39 is 5.97 Å². The fraction of sp³-hybridized carbons (Fsp3) is 0.300. The first kappa shape index (κ1) is 10.4. The number of nitrogens with one attached hydrogen (secondary N) is 1. The fourth-order valence-corrected chi connectivity index (χ4v) is 2.22. The number of carbonyl (C=O) groups is 1. The summed E-state index contributed by atoms with van der Waals surface area (Å²) < 4.78 is 0.738. The van der Waals surface area contributed by atoms with E-state index in [2.05, 4.69) is 21.2 Å². The van der Waals surface area contributed by atoms with Crippen molar-refractivity contribution in [3.63, 3.8) is 0 Å². The molecule has 0 radical (unpaired) electrons. The third-order valence-electron chi connectivity index (χ3n) is 2.57. The van der Waals surface area contributed by atoms with Crippen LogP contribution in [0.5, 0.6) is 5.75 Å². The Balaban J connectivity index is 2.50. The largest absolute Gasteiger partial charge is 0.507 e. The quantitative estimate of drug-likeness (QED) is 0.769. The zero-order chi connectivity index (χ0) is 11.0. The van der Waals surface area contributed by atoms with Crippen molar-refractivity contribution in [1.82, 2.24) is 5.32 Å². The van der Waals surface area contributed by atoms with Gasteiger partial charge < -0.3 is 15.5 Å². The Morgan fingerprint density at radius 3 is 2.67 bits per heavy atom. The molecule has 80 valence electrons. The minimum Gasteiger partial charge on any atom is -0.507 e. The van der Waals surface area contributed by atoms with Gasteiger partial charge in [-0.05, 0) is 25.1 Å². The van der Waals surface area contributed by atoms with Gasteiger partial charge in [0.1, 0.15) is 11.3 Å². The average Bonchev–Trinajstić information content (AvgIpc) is 2.08. The second-order valence-corrected chi connectivity index (χ2v) is 4.31. The lowest BCUT2D eigenvalue weighted by Gasteiger charge is -2.29. The van der Waals surface area contributed by atoms with E-state index in [-0.39, 0.29) is 17.4 Å². The van der Waals surface area contributed by atoms with Crippen molar-refractivity contribution in [3.05, 3.63) is 27.7 Å².